The van der Waals surface area contributed by atoms with E-state index in [9.17, 15) is 0 Å². The van der Waals surface area contributed by atoms with Crippen LogP contribution in [-0.4, -0.2) is 20.6 Å². The highest BCUT2D eigenvalue weighted by Gasteiger charge is 2.13. The van der Waals surface area contributed by atoms with Gasteiger partial charge in [-0.05, 0) is 31.6 Å². The second-order valence-electron chi connectivity index (χ2n) is 3.71. The zero-order valence-electron chi connectivity index (χ0n) is 7.85. The zero-order valence-corrected chi connectivity index (χ0v) is 7.85. The van der Waals surface area contributed by atoms with E-state index < -0.39 is 0 Å². The molecule has 1 aromatic rings. The molecule has 4 heteroatoms. The quantitative estimate of drug-likeness (QED) is 0.656. The van der Waals surface area contributed by atoms with Gasteiger partial charge in [0.05, 0.1) is 0 Å². The molecule has 0 saturated heterocycles. The van der Waals surface area contributed by atoms with Crippen LogP contribution < -0.4 is 0 Å². The third-order valence-electron chi connectivity index (χ3n) is 2.41. The van der Waals surface area contributed by atoms with Crippen LogP contribution in [0.4, 0.5) is 0 Å². The summed E-state index contributed by atoms with van der Waals surface area (Å²) in [6.07, 6.45) is 8.11. The van der Waals surface area contributed by atoms with E-state index in [4.69, 9.17) is 0 Å². The molecule has 1 fully saturated rings. The van der Waals surface area contributed by atoms with Crippen molar-refractivity contribution in [2.45, 2.75) is 32.6 Å². The van der Waals surface area contributed by atoms with Crippen molar-refractivity contribution in [1.29, 1.82) is 0 Å². The minimum atomic E-state index is 0.781. The van der Waals surface area contributed by atoms with Crippen LogP contribution in [0.25, 0.3) is 0 Å². The molecule has 4 nitrogen and oxygen atoms in total. The topological polar surface area (TPSA) is 43.1 Å². The molecule has 1 aliphatic carbocycles. The normalized spacial score (nSPS) is 26.5. The molecular formula is C9H14N4. The van der Waals surface area contributed by atoms with Gasteiger partial charge >= 0.3 is 0 Å². The molecule has 1 aliphatic rings. The Morgan fingerprint density at radius 2 is 2.23 bits per heavy atom. The van der Waals surface area contributed by atoms with E-state index in [1.165, 1.54) is 18.6 Å². The van der Waals surface area contributed by atoms with Crippen LogP contribution in [0.3, 0.4) is 0 Å². The van der Waals surface area contributed by atoms with Gasteiger partial charge in [0.25, 0.3) is 0 Å². The lowest BCUT2D eigenvalue weighted by atomic mass is 9.89. The molecule has 1 saturated carbocycles. The summed E-state index contributed by atoms with van der Waals surface area (Å²) in [5.74, 6) is 0.781. The Balaban J connectivity index is 2.07. The second kappa shape index (κ2) is 3.68. The predicted molar refractivity (Wildman–Crippen MR) is 50.5 cm³/mol. The van der Waals surface area contributed by atoms with Crippen LogP contribution >= 0.6 is 0 Å². The smallest absolute Gasteiger partial charge is 0.141 e. The maximum absolute atomic E-state index is 4.44. The Hall–Kier alpha value is -1.19. The van der Waals surface area contributed by atoms with E-state index >= 15 is 0 Å². The Bertz CT molecular complexity index is 289. The van der Waals surface area contributed by atoms with Crippen molar-refractivity contribution in [1.82, 2.24) is 14.9 Å². The molecule has 0 aliphatic heterocycles. The summed E-state index contributed by atoms with van der Waals surface area (Å²) in [5.41, 5.74) is 1.28. The number of nitrogens with zero attached hydrogens (tertiary/aromatic N) is 4. The fraction of sp³-hybridized carbons (Fsp3) is 0.667. The van der Waals surface area contributed by atoms with Crippen LogP contribution in [0.15, 0.2) is 17.8 Å². The van der Waals surface area contributed by atoms with Gasteiger partial charge in [-0.15, -0.1) is 10.2 Å². The number of rotatable bonds is 1. The van der Waals surface area contributed by atoms with Crippen molar-refractivity contribution in [3.05, 3.63) is 12.7 Å². The third-order valence-corrected chi connectivity index (χ3v) is 2.41. The summed E-state index contributed by atoms with van der Waals surface area (Å²) in [4.78, 5) is 0. The Kier molecular flexibility index (Phi) is 2.38. The highest BCUT2D eigenvalue weighted by Crippen LogP contribution is 2.21. The lowest BCUT2D eigenvalue weighted by Crippen LogP contribution is -2.13. The molecule has 0 N–H and O–H groups in total. The lowest BCUT2D eigenvalue weighted by molar-refractivity contribution is 0.497. The number of hydrogen-bond donors (Lipinski definition) is 0. The first kappa shape index (κ1) is 8.41. The SMILES string of the molecule is CC1CCC/C(=N\n2cnnc2)C1. The largest absolute Gasteiger partial charge is 0.208 e. The molecule has 0 amide bonds. The first-order chi connectivity index (χ1) is 6.34. The molecule has 0 radical (unpaired) electrons. The summed E-state index contributed by atoms with van der Waals surface area (Å²) in [7, 11) is 0. The fourth-order valence-corrected chi connectivity index (χ4v) is 1.76. The molecular weight excluding hydrogens is 164 g/mol. The van der Waals surface area contributed by atoms with Crippen molar-refractivity contribution in [3.63, 3.8) is 0 Å². The summed E-state index contributed by atoms with van der Waals surface area (Å²) in [6, 6.07) is 0. The van der Waals surface area contributed by atoms with E-state index in [1.807, 2.05) is 0 Å². The fourth-order valence-electron chi connectivity index (χ4n) is 1.76. The Morgan fingerprint density at radius 1 is 1.46 bits per heavy atom. The van der Waals surface area contributed by atoms with Crippen LogP contribution in [0.5, 0.6) is 0 Å². The maximum atomic E-state index is 4.44. The molecule has 1 atom stereocenters. The summed E-state index contributed by atoms with van der Waals surface area (Å²) < 4.78 is 1.69. The molecule has 0 aromatic carbocycles. The van der Waals surface area contributed by atoms with Gasteiger partial charge in [-0.1, -0.05) is 6.92 Å². The highest BCUT2D eigenvalue weighted by molar-refractivity contribution is 5.85. The van der Waals surface area contributed by atoms with Crippen molar-refractivity contribution < 1.29 is 0 Å². The summed E-state index contributed by atoms with van der Waals surface area (Å²) in [5, 5.41) is 11.9. The van der Waals surface area contributed by atoms with E-state index in [0.29, 0.717) is 0 Å². The third kappa shape index (κ3) is 2.14. The van der Waals surface area contributed by atoms with Crippen LogP contribution in [-0.2, 0) is 0 Å². The van der Waals surface area contributed by atoms with E-state index in [1.54, 1.807) is 17.3 Å². The summed E-state index contributed by atoms with van der Waals surface area (Å²) >= 11 is 0. The molecule has 1 unspecified atom stereocenters. The molecule has 1 heterocycles. The monoisotopic (exact) mass is 178 g/mol. The first-order valence-corrected chi connectivity index (χ1v) is 4.76. The molecule has 0 spiro atoms. The predicted octanol–water partition coefficient (Wildman–Crippen LogP) is 1.69. The first-order valence-electron chi connectivity index (χ1n) is 4.76. The van der Waals surface area contributed by atoms with E-state index in [2.05, 4.69) is 22.2 Å². The van der Waals surface area contributed by atoms with Gasteiger partial charge in [-0.25, -0.2) is 4.68 Å². The van der Waals surface area contributed by atoms with Crippen LogP contribution in [0, 0.1) is 5.92 Å². The van der Waals surface area contributed by atoms with Crippen LogP contribution in [0.2, 0.25) is 0 Å². The highest BCUT2D eigenvalue weighted by atomic mass is 15.4. The minimum Gasteiger partial charge on any atom is -0.208 e. The zero-order chi connectivity index (χ0) is 9.10. The minimum absolute atomic E-state index is 0.781. The van der Waals surface area contributed by atoms with Crippen molar-refractivity contribution in [2.24, 2.45) is 11.0 Å². The van der Waals surface area contributed by atoms with Gasteiger partial charge in [-0.2, -0.15) is 5.10 Å². The van der Waals surface area contributed by atoms with Gasteiger partial charge in [0.1, 0.15) is 12.7 Å². The second-order valence-corrected chi connectivity index (χ2v) is 3.71. The number of hydrogen-bond acceptors (Lipinski definition) is 3. The van der Waals surface area contributed by atoms with Crippen molar-refractivity contribution >= 4 is 5.71 Å². The van der Waals surface area contributed by atoms with Crippen LogP contribution in [0.1, 0.15) is 32.6 Å². The van der Waals surface area contributed by atoms with Gasteiger partial charge in [-0.3, -0.25) is 0 Å². The average Bonchev–Trinajstić information content (AvgIpc) is 2.57. The Morgan fingerprint density at radius 3 is 2.92 bits per heavy atom. The van der Waals surface area contributed by atoms with E-state index in [-0.39, 0.29) is 0 Å². The van der Waals surface area contributed by atoms with Gasteiger partial charge in [0, 0.05) is 5.71 Å². The average molecular weight is 178 g/mol. The lowest BCUT2D eigenvalue weighted by Gasteiger charge is -2.18. The van der Waals surface area contributed by atoms with Gasteiger partial charge in [0.15, 0.2) is 0 Å². The molecule has 13 heavy (non-hydrogen) atoms. The van der Waals surface area contributed by atoms with E-state index in [0.717, 1.165) is 18.8 Å². The standard InChI is InChI=1S/C9H14N4/c1-8-3-2-4-9(5-8)12-13-6-10-11-7-13/h6-8H,2-5H2,1H3/b12-9+. The van der Waals surface area contributed by atoms with Gasteiger partial charge in [0.2, 0.25) is 0 Å². The maximum Gasteiger partial charge on any atom is 0.141 e. The summed E-state index contributed by atoms with van der Waals surface area (Å²) in [6.45, 7) is 2.28. The van der Waals surface area contributed by atoms with Crippen molar-refractivity contribution in [2.75, 3.05) is 0 Å². The molecule has 2 rings (SSSR count). The molecule has 70 valence electrons. The Labute approximate surface area is 77.7 Å². The molecule has 1 aromatic heterocycles. The van der Waals surface area contributed by atoms with Gasteiger partial charge < -0.3 is 0 Å². The number of aromatic nitrogens is 3. The van der Waals surface area contributed by atoms with Crippen molar-refractivity contribution in [3.8, 4) is 0 Å². The molecule has 0 bridgehead atoms.